The minimum atomic E-state index is -0.877. The van der Waals surface area contributed by atoms with Crippen molar-refractivity contribution in [3.8, 4) is 5.75 Å². The lowest BCUT2D eigenvalue weighted by molar-refractivity contribution is -0.137. The van der Waals surface area contributed by atoms with E-state index in [-0.39, 0.29) is 12.5 Å². The van der Waals surface area contributed by atoms with Gasteiger partial charge in [0.1, 0.15) is 17.4 Å². The summed E-state index contributed by atoms with van der Waals surface area (Å²) in [7, 11) is 0. The highest BCUT2D eigenvalue weighted by molar-refractivity contribution is 6.35. The highest BCUT2D eigenvalue weighted by atomic mass is 35.5. The van der Waals surface area contributed by atoms with E-state index < -0.39 is 11.9 Å². The zero-order chi connectivity index (χ0) is 26.8. The Hall–Kier alpha value is -3.42. The number of ether oxygens (including phenoxy) is 1. The second kappa shape index (κ2) is 11.1. The number of aryl methyl sites for hydroxylation is 2. The molecule has 1 aliphatic rings. The Bertz CT molecular complexity index is 1470. The van der Waals surface area contributed by atoms with Crippen LogP contribution < -0.4 is 4.74 Å². The van der Waals surface area contributed by atoms with Crippen LogP contribution in [-0.4, -0.2) is 43.6 Å². The maximum Gasteiger partial charge on any atom is 0.304 e. The third-order valence-electron chi connectivity index (χ3n) is 7.46. The van der Waals surface area contributed by atoms with Crippen LogP contribution in [0.25, 0.3) is 11.0 Å². The number of aliphatic carboxylic acids is 1. The van der Waals surface area contributed by atoms with Gasteiger partial charge >= 0.3 is 5.97 Å². The molecule has 1 N–H and O–H groups in total. The van der Waals surface area contributed by atoms with Gasteiger partial charge in [0.15, 0.2) is 0 Å². The Labute approximate surface area is 228 Å². The van der Waals surface area contributed by atoms with Crippen LogP contribution in [0.2, 0.25) is 5.02 Å². The van der Waals surface area contributed by atoms with Crippen LogP contribution in [0.15, 0.2) is 54.6 Å². The Balaban J connectivity index is 1.50. The first kappa shape index (κ1) is 26.2. The molecule has 0 spiro atoms. The quantitative estimate of drug-likeness (QED) is 0.291. The number of halogens is 1. The summed E-state index contributed by atoms with van der Waals surface area (Å²) in [5.74, 6) is -0.330. The molecule has 0 fully saturated rings. The fraction of sp³-hybridized carbons (Fsp3) is 0.367. The summed E-state index contributed by atoms with van der Waals surface area (Å²) in [5, 5.41) is 18.7. The van der Waals surface area contributed by atoms with Gasteiger partial charge in [0.05, 0.1) is 17.0 Å². The Morgan fingerprint density at radius 3 is 2.76 bits per heavy atom. The van der Waals surface area contributed by atoms with Crippen LogP contribution in [0.1, 0.15) is 60.4 Å². The molecule has 1 aliphatic heterocycles. The fourth-order valence-corrected chi connectivity index (χ4v) is 5.65. The Morgan fingerprint density at radius 2 is 2.00 bits per heavy atom. The van der Waals surface area contributed by atoms with Crippen molar-refractivity contribution in [3.63, 3.8) is 0 Å². The van der Waals surface area contributed by atoms with Gasteiger partial charge < -0.3 is 9.84 Å². The van der Waals surface area contributed by atoms with Crippen LogP contribution in [0.4, 0.5) is 0 Å². The predicted octanol–water partition coefficient (Wildman–Crippen LogP) is 6.19. The molecule has 2 atom stereocenters. The Morgan fingerprint density at radius 1 is 1.18 bits per heavy atom. The lowest BCUT2D eigenvalue weighted by Crippen LogP contribution is -2.32. The second-order valence-corrected chi connectivity index (χ2v) is 10.4. The molecule has 0 aliphatic carbocycles. The normalized spacial score (nSPS) is 16.6. The van der Waals surface area contributed by atoms with Gasteiger partial charge in [0.2, 0.25) is 0 Å². The van der Waals surface area contributed by atoms with Gasteiger partial charge in [-0.25, -0.2) is 4.68 Å². The van der Waals surface area contributed by atoms with Crippen molar-refractivity contribution >= 4 is 28.6 Å². The third-order valence-corrected chi connectivity index (χ3v) is 7.85. The molecular weight excluding hydrogens is 500 g/mol. The van der Waals surface area contributed by atoms with E-state index in [4.69, 9.17) is 16.3 Å². The fourth-order valence-electron chi connectivity index (χ4n) is 5.32. The number of carboxylic acid groups (broad SMARTS) is 1. The highest BCUT2D eigenvalue weighted by Crippen LogP contribution is 2.37. The number of rotatable bonds is 8. The SMILES string of the molecule is CCC1CN(Cc2cc(C(CC(=O)O)c3ccc4c(nnn4CC)c3Cl)ccc2C)Cc2ccccc2O1. The number of hydrogen-bond donors (Lipinski definition) is 1. The number of hydrogen-bond acceptors (Lipinski definition) is 5. The van der Waals surface area contributed by atoms with Crippen molar-refractivity contribution in [2.75, 3.05) is 6.54 Å². The average Bonchev–Trinajstić information content (AvgIpc) is 3.24. The van der Waals surface area contributed by atoms with Crippen molar-refractivity contribution in [1.82, 2.24) is 19.9 Å². The topological polar surface area (TPSA) is 80.5 Å². The van der Waals surface area contributed by atoms with Crippen molar-refractivity contribution in [3.05, 3.63) is 87.4 Å². The van der Waals surface area contributed by atoms with E-state index in [1.165, 1.54) is 16.7 Å². The van der Waals surface area contributed by atoms with E-state index in [2.05, 4.69) is 53.3 Å². The molecule has 1 aromatic heterocycles. The van der Waals surface area contributed by atoms with Crippen molar-refractivity contribution < 1.29 is 14.6 Å². The van der Waals surface area contributed by atoms with Gasteiger partial charge in [-0.05, 0) is 54.7 Å². The number of fused-ring (bicyclic) bond motifs is 2. The first-order chi connectivity index (χ1) is 18.4. The maximum absolute atomic E-state index is 12.0. The molecule has 2 unspecified atom stereocenters. The summed E-state index contributed by atoms with van der Waals surface area (Å²) in [4.78, 5) is 14.4. The van der Waals surface area contributed by atoms with Crippen molar-refractivity contribution in [2.24, 2.45) is 0 Å². The van der Waals surface area contributed by atoms with Crippen LogP contribution in [0, 0.1) is 6.92 Å². The minimum absolute atomic E-state index is 0.0710. The molecule has 0 saturated heterocycles. The predicted molar refractivity (Wildman–Crippen MR) is 149 cm³/mol. The summed E-state index contributed by atoms with van der Waals surface area (Å²) in [6.45, 7) is 9.29. The number of carboxylic acids is 1. The van der Waals surface area contributed by atoms with E-state index >= 15 is 0 Å². The van der Waals surface area contributed by atoms with Crippen LogP contribution >= 0.6 is 11.6 Å². The van der Waals surface area contributed by atoms with Gasteiger partial charge in [0.25, 0.3) is 0 Å². The first-order valence-corrected chi connectivity index (χ1v) is 13.5. The highest BCUT2D eigenvalue weighted by Gasteiger charge is 2.25. The summed E-state index contributed by atoms with van der Waals surface area (Å²) in [6, 6.07) is 18.3. The van der Waals surface area contributed by atoms with Crippen molar-refractivity contribution in [1.29, 1.82) is 0 Å². The molecule has 4 aromatic rings. The van der Waals surface area contributed by atoms with Gasteiger partial charge in [-0.15, -0.1) is 5.10 Å². The lowest BCUT2D eigenvalue weighted by Gasteiger charge is -2.25. The largest absolute Gasteiger partial charge is 0.489 e. The molecule has 38 heavy (non-hydrogen) atoms. The van der Waals surface area contributed by atoms with Crippen LogP contribution in [0.3, 0.4) is 0 Å². The summed E-state index contributed by atoms with van der Waals surface area (Å²) < 4.78 is 8.08. The maximum atomic E-state index is 12.0. The minimum Gasteiger partial charge on any atom is -0.489 e. The molecule has 2 heterocycles. The molecule has 0 saturated carbocycles. The molecule has 5 rings (SSSR count). The first-order valence-electron chi connectivity index (χ1n) is 13.2. The molecular formula is C30H33ClN4O3. The van der Waals surface area contributed by atoms with E-state index in [0.29, 0.717) is 17.1 Å². The average molecular weight is 533 g/mol. The van der Waals surface area contributed by atoms with E-state index in [0.717, 1.165) is 48.4 Å². The van der Waals surface area contributed by atoms with Crippen LogP contribution in [0.5, 0.6) is 5.75 Å². The summed E-state index contributed by atoms with van der Waals surface area (Å²) in [5.41, 5.74) is 6.64. The molecule has 7 nitrogen and oxygen atoms in total. The standard InChI is InChI=1S/C30H33ClN4O3/c1-4-23-18-34(16-21-8-6-7-9-27(21)38-23)17-22-14-20(11-10-19(22)3)25(15-28(36)37)24-12-13-26-30(29(24)31)32-33-35(26)5-2/h6-14,23,25H,4-5,15-18H2,1-3H3,(H,36,37). The molecule has 8 heteroatoms. The van der Waals surface area contributed by atoms with E-state index in [9.17, 15) is 9.90 Å². The third kappa shape index (κ3) is 5.26. The van der Waals surface area contributed by atoms with Gasteiger partial charge in [-0.2, -0.15) is 0 Å². The number of carbonyl (C=O) groups is 1. The molecule has 0 amide bonds. The van der Waals surface area contributed by atoms with Gasteiger partial charge in [-0.3, -0.25) is 9.69 Å². The monoisotopic (exact) mass is 532 g/mol. The number of benzene rings is 3. The van der Waals surface area contributed by atoms with E-state index in [1.807, 2.05) is 37.3 Å². The zero-order valence-corrected chi connectivity index (χ0v) is 22.8. The molecule has 0 radical (unpaired) electrons. The Kier molecular flexibility index (Phi) is 7.68. The van der Waals surface area contributed by atoms with Gasteiger partial charge in [-0.1, -0.05) is 66.2 Å². The summed E-state index contributed by atoms with van der Waals surface area (Å²) >= 11 is 6.83. The second-order valence-electron chi connectivity index (χ2n) is 10.0. The number of aromatic nitrogens is 3. The van der Waals surface area contributed by atoms with Gasteiger partial charge in [0, 0.05) is 37.7 Å². The number of nitrogens with zero attached hydrogens (tertiary/aromatic N) is 4. The number of para-hydroxylation sites is 1. The molecule has 198 valence electrons. The molecule has 3 aromatic carbocycles. The van der Waals surface area contributed by atoms with Crippen LogP contribution in [-0.2, 0) is 24.4 Å². The zero-order valence-electron chi connectivity index (χ0n) is 22.0. The molecule has 0 bridgehead atoms. The lowest BCUT2D eigenvalue weighted by atomic mass is 9.86. The van der Waals surface area contributed by atoms with E-state index in [1.54, 1.807) is 4.68 Å². The smallest absolute Gasteiger partial charge is 0.304 e. The summed E-state index contributed by atoms with van der Waals surface area (Å²) in [6.07, 6.45) is 0.969. The van der Waals surface area contributed by atoms with Crippen molar-refractivity contribution in [2.45, 2.75) is 65.3 Å².